The fourth-order valence-corrected chi connectivity index (χ4v) is 2.90. The van der Waals surface area contributed by atoms with Gasteiger partial charge < -0.3 is 19.5 Å². The van der Waals surface area contributed by atoms with Crippen molar-refractivity contribution in [3.63, 3.8) is 0 Å². The number of nitrogens with one attached hydrogen (secondary N) is 1. The Kier molecular flexibility index (Phi) is 6.97. The second kappa shape index (κ2) is 9.84. The van der Waals surface area contributed by atoms with Gasteiger partial charge in [-0.1, -0.05) is 12.1 Å². The molecule has 1 aliphatic heterocycles. The summed E-state index contributed by atoms with van der Waals surface area (Å²) in [4.78, 5) is 34.9. The largest absolute Gasteiger partial charge is 0.491 e. The smallest absolute Gasteiger partial charge is 0.339 e. The van der Waals surface area contributed by atoms with Crippen LogP contribution in [0.2, 0.25) is 0 Å². The average Bonchev–Trinajstić information content (AvgIpc) is 3.26. The number of ether oxygens (including phenoxy) is 3. The van der Waals surface area contributed by atoms with Gasteiger partial charge in [-0.3, -0.25) is 14.9 Å². The van der Waals surface area contributed by atoms with Crippen molar-refractivity contribution in [3.05, 3.63) is 64.2 Å². The Labute approximate surface area is 173 Å². The van der Waals surface area contributed by atoms with Crippen LogP contribution in [-0.4, -0.2) is 42.2 Å². The third-order valence-electron chi connectivity index (χ3n) is 4.51. The Hall–Kier alpha value is -3.46. The van der Waals surface area contributed by atoms with Crippen LogP contribution < -0.4 is 10.1 Å². The molecule has 9 nitrogen and oxygen atoms in total. The molecule has 0 bridgehead atoms. The summed E-state index contributed by atoms with van der Waals surface area (Å²) >= 11 is 0. The second-order valence-electron chi connectivity index (χ2n) is 6.82. The number of nitro benzene ring substituents is 1. The van der Waals surface area contributed by atoms with E-state index < -0.39 is 22.9 Å². The zero-order valence-electron chi connectivity index (χ0n) is 16.4. The summed E-state index contributed by atoms with van der Waals surface area (Å²) in [6, 6.07) is 12.0. The molecule has 1 aliphatic rings. The highest BCUT2D eigenvalue weighted by Crippen LogP contribution is 2.19. The van der Waals surface area contributed by atoms with E-state index in [2.05, 4.69) is 5.32 Å². The Morgan fingerprint density at radius 1 is 1.27 bits per heavy atom. The minimum absolute atomic E-state index is 0.0538. The molecule has 9 heteroatoms. The number of benzene rings is 2. The van der Waals surface area contributed by atoms with Crippen molar-refractivity contribution in [2.45, 2.75) is 32.0 Å². The summed E-state index contributed by atoms with van der Waals surface area (Å²) in [5.74, 6) is -0.775. The van der Waals surface area contributed by atoms with E-state index >= 15 is 0 Å². The number of nitrogens with zero attached hydrogens (tertiary/aromatic N) is 1. The highest BCUT2D eigenvalue weighted by Gasteiger charge is 2.21. The highest BCUT2D eigenvalue weighted by molar-refractivity contribution is 5.97. The van der Waals surface area contributed by atoms with Gasteiger partial charge in [0.1, 0.15) is 12.4 Å². The average molecular weight is 414 g/mol. The van der Waals surface area contributed by atoms with Gasteiger partial charge in [0.15, 0.2) is 6.10 Å². The van der Waals surface area contributed by atoms with Crippen molar-refractivity contribution in [1.29, 1.82) is 0 Å². The SMILES string of the molecule is C[C@@H](OC(=O)c1cccc(OC[C@@H]2CCCO2)c1)C(=O)Nc1cccc([N+](=O)[O-])c1. The first-order valence-electron chi connectivity index (χ1n) is 9.53. The molecule has 1 saturated heterocycles. The number of nitro groups is 1. The molecule has 2 aromatic rings. The van der Waals surface area contributed by atoms with Gasteiger partial charge in [0.2, 0.25) is 0 Å². The van der Waals surface area contributed by atoms with Crippen LogP contribution in [0.1, 0.15) is 30.1 Å². The van der Waals surface area contributed by atoms with Crippen LogP contribution in [0.5, 0.6) is 5.75 Å². The van der Waals surface area contributed by atoms with Crippen LogP contribution in [0.15, 0.2) is 48.5 Å². The fraction of sp³-hybridized carbons (Fsp3) is 0.333. The fourth-order valence-electron chi connectivity index (χ4n) is 2.90. The van der Waals surface area contributed by atoms with Crippen molar-refractivity contribution in [2.75, 3.05) is 18.5 Å². The summed E-state index contributed by atoms with van der Waals surface area (Å²) in [5.41, 5.74) is 0.328. The standard InChI is InChI=1S/C21H22N2O7/c1-14(20(24)22-16-6-3-7-17(12-16)23(26)27)30-21(25)15-5-2-8-18(11-15)29-13-19-9-4-10-28-19/h2-3,5-8,11-12,14,19H,4,9-10,13H2,1H3,(H,22,24)/t14-,19+/m1/s1. The number of carbonyl (C=O) groups is 2. The number of carbonyl (C=O) groups excluding carboxylic acids is 2. The number of hydrogen-bond donors (Lipinski definition) is 1. The lowest BCUT2D eigenvalue weighted by Gasteiger charge is -2.14. The monoisotopic (exact) mass is 414 g/mol. The molecular formula is C21H22N2O7. The first-order chi connectivity index (χ1) is 14.4. The molecule has 0 aliphatic carbocycles. The van der Waals surface area contributed by atoms with E-state index in [1.54, 1.807) is 24.3 Å². The van der Waals surface area contributed by atoms with Crippen LogP contribution in [0.3, 0.4) is 0 Å². The molecule has 0 unspecified atom stereocenters. The van der Waals surface area contributed by atoms with Crippen molar-refractivity contribution >= 4 is 23.3 Å². The molecule has 1 fully saturated rings. The Bertz CT molecular complexity index is 925. The Morgan fingerprint density at radius 2 is 2.07 bits per heavy atom. The van der Waals surface area contributed by atoms with Gasteiger partial charge in [0, 0.05) is 24.4 Å². The van der Waals surface area contributed by atoms with Crippen LogP contribution in [-0.2, 0) is 14.3 Å². The molecule has 0 aromatic heterocycles. The van der Waals surface area contributed by atoms with E-state index in [0.29, 0.717) is 12.4 Å². The van der Waals surface area contributed by atoms with Gasteiger partial charge in [-0.25, -0.2) is 4.79 Å². The first kappa shape index (κ1) is 21.3. The van der Waals surface area contributed by atoms with E-state index in [1.165, 1.54) is 31.2 Å². The maximum absolute atomic E-state index is 12.4. The number of esters is 1. The maximum atomic E-state index is 12.4. The van der Waals surface area contributed by atoms with Gasteiger partial charge in [-0.2, -0.15) is 0 Å². The van der Waals surface area contributed by atoms with Gasteiger partial charge in [0.25, 0.3) is 11.6 Å². The number of non-ortho nitro benzene ring substituents is 1. The number of anilines is 1. The van der Waals surface area contributed by atoms with E-state index in [1.807, 2.05) is 0 Å². The summed E-state index contributed by atoms with van der Waals surface area (Å²) < 4.78 is 16.4. The molecule has 1 heterocycles. The van der Waals surface area contributed by atoms with Crippen molar-refractivity contribution < 1.29 is 28.7 Å². The number of amides is 1. The molecule has 0 radical (unpaired) electrons. The maximum Gasteiger partial charge on any atom is 0.339 e. The predicted octanol–water partition coefficient (Wildman–Crippen LogP) is 3.34. The van der Waals surface area contributed by atoms with E-state index in [4.69, 9.17) is 14.2 Å². The molecule has 158 valence electrons. The topological polar surface area (TPSA) is 117 Å². The molecular weight excluding hydrogens is 392 g/mol. The Morgan fingerprint density at radius 3 is 2.80 bits per heavy atom. The van der Waals surface area contributed by atoms with Crippen LogP contribution in [0, 0.1) is 10.1 Å². The number of rotatable bonds is 8. The van der Waals surface area contributed by atoms with Crippen molar-refractivity contribution in [2.24, 2.45) is 0 Å². The van der Waals surface area contributed by atoms with Gasteiger partial charge >= 0.3 is 5.97 Å². The van der Waals surface area contributed by atoms with Gasteiger partial charge in [-0.05, 0) is 44.0 Å². The van der Waals surface area contributed by atoms with Crippen molar-refractivity contribution in [3.8, 4) is 5.75 Å². The molecule has 0 saturated carbocycles. The molecule has 0 spiro atoms. The molecule has 1 N–H and O–H groups in total. The third kappa shape index (κ3) is 5.77. The second-order valence-corrected chi connectivity index (χ2v) is 6.82. The van der Waals surface area contributed by atoms with Crippen molar-refractivity contribution in [1.82, 2.24) is 0 Å². The Balaban J connectivity index is 1.55. The number of hydrogen-bond acceptors (Lipinski definition) is 7. The lowest BCUT2D eigenvalue weighted by molar-refractivity contribution is -0.384. The van der Waals surface area contributed by atoms with E-state index in [9.17, 15) is 19.7 Å². The minimum Gasteiger partial charge on any atom is -0.491 e. The molecule has 2 atom stereocenters. The molecule has 1 amide bonds. The van der Waals surface area contributed by atoms with Gasteiger partial charge in [-0.15, -0.1) is 0 Å². The zero-order valence-corrected chi connectivity index (χ0v) is 16.4. The summed E-state index contributed by atoms with van der Waals surface area (Å²) in [6.45, 7) is 2.56. The minimum atomic E-state index is -1.10. The normalized spacial score (nSPS) is 16.5. The van der Waals surface area contributed by atoms with Crippen LogP contribution >= 0.6 is 0 Å². The van der Waals surface area contributed by atoms with Gasteiger partial charge in [0.05, 0.1) is 16.6 Å². The highest BCUT2D eigenvalue weighted by atomic mass is 16.6. The van der Waals surface area contributed by atoms with Crippen LogP contribution in [0.25, 0.3) is 0 Å². The molecule has 2 aromatic carbocycles. The summed E-state index contributed by atoms with van der Waals surface area (Å²) in [5, 5.41) is 13.3. The molecule has 30 heavy (non-hydrogen) atoms. The van der Waals surface area contributed by atoms with E-state index in [-0.39, 0.29) is 23.0 Å². The lowest BCUT2D eigenvalue weighted by Crippen LogP contribution is -2.30. The van der Waals surface area contributed by atoms with E-state index in [0.717, 1.165) is 19.4 Å². The third-order valence-corrected chi connectivity index (χ3v) is 4.51. The molecule has 3 rings (SSSR count). The predicted molar refractivity (Wildman–Crippen MR) is 108 cm³/mol. The summed E-state index contributed by atoms with van der Waals surface area (Å²) in [6.07, 6.45) is 0.904. The quantitative estimate of drug-likeness (QED) is 0.400. The van der Waals surface area contributed by atoms with Crippen LogP contribution in [0.4, 0.5) is 11.4 Å². The zero-order chi connectivity index (χ0) is 21.5. The summed E-state index contributed by atoms with van der Waals surface area (Å²) in [7, 11) is 0. The lowest BCUT2D eigenvalue weighted by atomic mass is 10.2. The first-order valence-corrected chi connectivity index (χ1v) is 9.53.